The number of carbonyl (C=O) groups is 5. The van der Waals surface area contributed by atoms with Crippen LogP contribution in [-0.4, -0.2) is 36.1 Å². The number of hydrogen-bond donors (Lipinski definition) is 3. The molecule has 0 atom stereocenters. The lowest BCUT2D eigenvalue weighted by atomic mass is 10.1. The molecule has 3 amide bonds. The van der Waals surface area contributed by atoms with Gasteiger partial charge in [-0.25, -0.2) is 0 Å². The molecule has 0 heterocycles. The lowest BCUT2D eigenvalue weighted by Gasteiger charge is -2.08. The van der Waals surface area contributed by atoms with Crippen molar-refractivity contribution in [2.24, 2.45) is 0 Å². The monoisotopic (exact) mass is 425 g/mol. The minimum Gasteiger partial charge on any atom is -0.456 e. The van der Waals surface area contributed by atoms with E-state index in [1.54, 1.807) is 48.5 Å². The van der Waals surface area contributed by atoms with Gasteiger partial charge in [0.1, 0.15) is 0 Å². The Kier molecular flexibility index (Phi) is 8.44. The molecule has 0 aliphatic rings. The second-order valence-electron chi connectivity index (χ2n) is 6.65. The number of esters is 1. The highest BCUT2D eigenvalue weighted by atomic mass is 16.5. The molecule has 9 nitrogen and oxygen atoms in total. The van der Waals surface area contributed by atoms with Gasteiger partial charge in [-0.3, -0.25) is 24.0 Å². The number of amides is 3. The summed E-state index contributed by atoms with van der Waals surface area (Å²) in [4.78, 5) is 57.8. The van der Waals surface area contributed by atoms with Crippen molar-refractivity contribution >= 4 is 46.5 Å². The summed E-state index contributed by atoms with van der Waals surface area (Å²) in [7, 11) is 0. The van der Waals surface area contributed by atoms with E-state index in [0.29, 0.717) is 22.6 Å². The van der Waals surface area contributed by atoms with E-state index in [2.05, 4.69) is 16.0 Å². The Bertz CT molecular complexity index is 968. The first-order valence-electron chi connectivity index (χ1n) is 9.47. The number of hydrogen-bond acceptors (Lipinski definition) is 6. The zero-order valence-electron chi connectivity index (χ0n) is 17.2. The van der Waals surface area contributed by atoms with Crippen molar-refractivity contribution in [2.45, 2.75) is 26.7 Å². The molecular formula is C22H23N3O6. The molecule has 0 radical (unpaired) electrons. The molecule has 0 unspecified atom stereocenters. The number of ether oxygens (including phenoxy) is 1. The van der Waals surface area contributed by atoms with Crippen LogP contribution in [0, 0.1) is 0 Å². The third kappa shape index (κ3) is 8.48. The summed E-state index contributed by atoms with van der Waals surface area (Å²) in [5.41, 5.74) is 2.10. The van der Waals surface area contributed by atoms with E-state index in [1.165, 1.54) is 13.8 Å². The number of nitrogens with one attached hydrogen (secondary N) is 3. The van der Waals surface area contributed by atoms with E-state index in [9.17, 15) is 24.0 Å². The van der Waals surface area contributed by atoms with Gasteiger partial charge in [-0.2, -0.15) is 0 Å². The molecule has 0 bridgehead atoms. The van der Waals surface area contributed by atoms with E-state index in [0.717, 1.165) is 0 Å². The van der Waals surface area contributed by atoms with Crippen LogP contribution in [0.2, 0.25) is 0 Å². The molecule has 31 heavy (non-hydrogen) atoms. The highest BCUT2D eigenvalue weighted by molar-refractivity contribution is 5.96. The molecule has 9 heteroatoms. The first-order valence-corrected chi connectivity index (χ1v) is 9.47. The van der Waals surface area contributed by atoms with Crippen LogP contribution >= 0.6 is 0 Å². The Morgan fingerprint density at radius 3 is 1.68 bits per heavy atom. The van der Waals surface area contributed by atoms with Crippen LogP contribution in [0.25, 0.3) is 0 Å². The van der Waals surface area contributed by atoms with E-state index < -0.39 is 24.4 Å². The number of Topliss-reactive ketones (excluding diaryl/α,β-unsaturated/α-hetero) is 1. The third-order valence-corrected chi connectivity index (χ3v) is 3.98. The number of carbonyl (C=O) groups excluding carboxylic acids is 5. The third-order valence-electron chi connectivity index (χ3n) is 3.98. The summed E-state index contributed by atoms with van der Waals surface area (Å²) in [5, 5.41) is 7.77. The Labute approximate surface area is 179 Å². The molecule has 0 fully saturated rings. The quantitative estimate of drug-likeness (QED) is 0.418. The van der Waals surface area contributed by atoms with Gasteiger partial charge in [0.25, 0.3) is 5.91 Å². The Morgan fingerprint density at radius 2 is 1.16 bits per heavy atom. The van der Waals surface area contributed by atoms with Crippen LogP contribution in [0.15, 0.2) is 48.5 Å². The number of ketones is 1. The number of benzene rings is 2. The van der Waals surface area contributed by atoms with E-state index in [-0.39, 0.29) is 24.5 Å². The summed E-state index contributed by atoms with van der Waals surface area (Å²) < 4.78 is 4.87. The summed E-state index contributed by atoms with van der Waals surface area (Å²) in [6.07, 6.45) is -0.296. The normalized spacial score (nSPS) is 10.0. The van der Waals surface area contributed by atoms with Crippen molar-refractivity contribution in [3.8, 4) is 0 Å². The van der Waals surface area contributed by atoms with Gasteiger partial charge in [-0.1, -0.05) is 0 Å². The SMILES string of the molecule is CC(=O)Nc1ccc(NC(=O)COC(=O)CCC(=O)Nc2ccc(C(C)=O)cc2)cc1. The lowest BCUT2D eigenvalue weighted by molar-refractivity contribution is -0.147. The van der Waals surface area contributed by atoms with Crippen molar-refractivity contribution in [1.29, 1.82) is 0 Å². The Hall–Kier alpha value is -4.01. The van der Waals surface area contributed by atoms with E-state index in [1.807, 2.05) is 0 Å². The molecule has 2 aromatic carbocycles. The molecule has 0 saturated carbocycles. The predicted molar refractivity (Wildman–Crippen MR) is 115 cm³/mol. The van der Waals surface area contributed by atoms with Gasteiger partial charge in [0, 0.05) is 36.0 Å². The maximum absolute atomic E-state index is 11.9. The highest BCUT2D eigenvalue weighted by Gasteiger charge is 2.11. The molecule has 0 spiro atoms. The first-order chi connectivity index (χ1) is 14.7. The summed E-state index contributed by atoms with van der Waals surface area (Å²) in [6, 6.07) is 12.8. The van der Waals surface area contributed by atoms with Crippen molar-refractivity contribution < 1.29 is 28.7 Å². The minimum atomic E-state index is -0.682. The lowest BCUT2D eigenvalue weighted by Crippen LogP contribution is -2.21. The molecule has 3 N–H and O–H groups in total. The molecule has 162 valence electrons. The van der Waals surface area contributed by atoms with Crippen molar-refractivity contribution in [3.63, 3.8) is 0 Å². The van der Waals surface area contributed by atoms with Gasteiger partial charge >= 0.3 is 5.97 Å². The average molecular weight is 425 g/mol. The summed E-state index contributed by atoms with van der Waals surface area (Å²) in [5.74, 6) is -1.89. The highest BCUT2D eigenvalue weighted by Crippen LogP contribution is 2.14. The van der Waals surface area contributed by atoms with E-state index >= 15 is 0 Å². The van der Waals surface area contributed by atoms with Crippen LogP contribution in [0.1, 0.15) is 37.0 Å². The second kappa shape index (κ2) is 11.2. The summed E-state index contributed by atoms with van der Waals surface area (Å²) in [6.45, 7) is 2.35. The van der Waals surface area contributed by atoms with Crippen LogP contribution in [0.5, 0.6) is 0 Å². The van der Waals surface area contributed by atoms with Gasteiger partial charge in [-0.05, 0) is 55.5 Å². The van der Waals surface area contributed by atoms with Crippen LogP contribution in [0.4, 0.5) is 17.1 Å². The van der Waals surface area contributed by atoms with Gasteiger partial charge in [0.15, 0.2) is 12.4 Å². The maximum Gasteiger partial charge on any atom is 0.306 e. The fourth-order valence-electron chi connectivity index (χ4n) is 2.48. The number of anilines is 3. The first kappa shape index (κ1) is 23.3. The number of rotatable bonds is 9. The van der Waals surface area contributed by atoms with Crippen LogP contribution < -0.4 is 16.0 Å². The zero-order chi connectivity index (χ0) is 22.8. The molecule has 0 saturated heterocycles. The van der Waals surface area contributed by atoms with Crippen LogP contribution in [0.3, 0.4) is 0 Å². The Morgan fingerprint density at radius 1 is 0.677 bits per heavy atom. The molecule has 2 rings (SSSR count). The molecule has 0 aromatic heterocycles. The Balaban J connectivity index is 1.68. The van der Waals surface area contributed by atoms with Crippen molar-refractivity contribution in [2.75, 3.05) is 22.6 Å². The minimum absolute atomic E-state index is 0.0772. The average Bonchev–Trinajstić information content (AvgIpc) is 2.72. The standard InChI is InChI=1S/C22H23N3O6/c1-14(26)16-3-5-18(6-4-16)24-20(28)11-12-22(30)31-13-21(29)25-19-9-7-17(8-10-19)23-15(2)27/h3-10H,11-13H2,1-2H3,(H,23,27)(H,24,28)(H,25,29). The fraction of sp³-hybridized carbons (Fsp3) is 0.227. The van der Waals surface area contributed by atoms with Gasteiger partial charge in [0.2, 0.25) is 11.8 Å². The van der Waals surface area contributed by atoms with Gasteiger partial charge in [0.05, 0.1) is 6.42 Å². The molecule has 0 aliphatic heterocycles. The maximum atomic E-state index is 11.9. The van der Waals surface area contributed by atoms with Crippen molar-refractivity contribution in [1.82, 2.24) is 0 Å². The predicted octanol–water partition coefficient (Wildman–Crippen LogP) is 2.75. The van der Waals surface area contributed by atoms with Crippen molar-refractivity contribution in [3.05, 3.63) is 54.1 Å². The smallest absolute Gasteiger partial charge is 0.306 e. The van der Waals surface area contributed by atoms with Crippen LogP contribution in [-0.2, 0) is 23.9 Å². The van der Waals surface area contributed by atoms with Gasteiger partial charge in [-0.15, -0.1) is 0 Å². The largest absolute Gasteiger partial charge is 0.456 e. The topological polar surface area (TPSA) is 131 Å². The summed E-state index contributed by atoms with van der Waals surface area (Å²) >= 11 is 0. The fourth-order valence-corrected chi connectivity index (χ4v) is 2.48. The van der Waals surface area contributed by atoms with Gasteiger partial charge < -0.3 is 20.7 Å². The van der Waals surface area contributed by atoms with E-state index in [4.69, 9.17) is 4.74 Å². The molecular weight excluding hydrogens is 402 g/mol. The zero-order valence-corrected chi connectivity index (χ0v) is 17.2. The second-order valence-corrected chi connectivity index (χ2v) is 6.65. The molecule has 0 aliphatic carbocycles. The molecule has 2 aromatic rings.